The third-order valence-corrected chi connectivity index (χ3v) is 3.20. The van der Waals surface area contributed by atoms with E-state index in [1.165, 1.54) is 7.11 Å². The lowest BCUT2D eigenvalue weighted by atomic mass is 10.1. The number of methoxy groups -OCH3 is 1. The Morgan fingerprint density at radius 2 is 1.94 bits per heavy atom. The van der Waals surface area contributed by atoms with Gasteiger partial charge in [0.05, 0.1) is 13.5 Å². The number of ketones is 1. The summed E-state index contributed by atoms with van der Waals surface area (Å²) < 4.78 is 6.04. The molecule has 0 bridgehead atoms. The Morgan fingerprint density at radius 1 is 1.25 bits per heavy atom. The Kier molecular flexibility index (Phi) is 5.15. The maximum absolute atomic E-state index is 11.8. The molecule has 0 N–H and O–H groups in total. The van der Waals surface area contributed by atoms with Crippen LogP contribution in [0.25, 0.3) is 0 Å². The average Bonchev–Trinajstić information content (AvgIpc) is 2.28. The van der Waals surface area contributed by atoms with Crippen molar-refractivity contribution >= 4 is 43.6 Å². The van der Waals surface area contributed by atoms with Crippen LogP contribution in [0.4, 0.5) is 0 Å². The maximum atomic E-state index is 11.8. The number of rotatable bonds is 4. The first-order chi connectivity index (χ1) is 7.54. The molecular formula is C11H10Br2O3. The highest BCUT2D eigenvalue weighted by Crippen LogP contribution is 2.23. The molecule has 0 aromatic heterocycles. The van der Waals surface area contributed by atoms with Crippen molar-refractivity contribution in [3.8, 4) is 0 Å². The van der Waals surface area contributed by atoms with Crippen LogP contribution in [0.5, 0.6) is 0 Å². The SMILES string of the molecule is COC(=O)CCC(=O)c1cc(Br)ccc1Br. The molecule has 0 saturated carbocycles. The number of carbonyl (C=O) groups excluding carboxylic acids is 2. The normalized spacial score (nSPS) is 9.94. The van der Waals surface area contributed by atoms with Gasteiger partial charge in [0.15, 0.2) is 5.78 Å². The maximum Gasteiger partial charge on any atom is 0.305 e. The van der Waals surface area contributed by atoms with E-state index in [-0.39, 0.29) is 24.6 Å². The summed E-state index contributed by atoms with van der Waals surface area (Å²) in [6.07, 6.45) is 0.260. The van der Waals surface area contributed by atoms with Crippen molar-refractivity contribution in [1.82, 2.24) is 0 Å². The van der Waals surface area contributed by atoms with Crippen LogP contribution in [0.15, 0.2) is 27.1 Å². The topological polar surface area (TPSA) is 43.4 Å². The van der Waals surface area contributed by atoms with E-state index in [1.54, 1.807) is 12.1 Å². The molecule has 86 valence electrons. The first-order valence-corrected chi connectivity index (χ1v) is 6.18. The highest BCUT2D eigenvalue weighted by Gasteiger charge is 2.12. The number of Topliss-reactive ketones (excluding diaryl/α,β-unsaturated/α-hetero) is 1. The zero-order valence-corrected chi connectivity index (χ0v) is 11.8. The van der Waals surface area contributed by atoms with E-state index in [9.17, 15) is 9.59 Å². The van der Waals surface area contributed by atoms with Gasteiger partial charge in [-0.25, -0.2) is 0 Å². The molecule has 1 aromatic carbocycles. The van der Waals surface area contributed by atoms with E-state index in [1.807, 2.05) is 6.07 Å². The second-order valence-corrected chi connectivity index (χ2v) is 4.89. The monoisotopic (exact) mass is 348 g/mol. The highest BCUT2D eigenvalue weighted by molar-refractivity contribution is 9.11. The van der Waals surface area contributed by atoms with Gasteiger partial charge in [0.1, 0.15) is 0 Å². The van der Waals surface area contributed by atoms with Gasteiger partial charge < -0.3 is 4.74 Å². The van der Waals surface area contributed by atoms with Gasteiger partial charge in [-0.15, -0.1) is 0 Å². The van der Waals surface area contributed by atoms with Crippen molar-refractivity contribution in [2.45, 2.75) is 12.8 Å². The first-order valence-electron chi connectivity index (χ1n) is 4.59. The van der Waals surface area contributed by atoms with Gasteiger partial charge in [-0.3, -0.25) is 9.59 Å². The standard InChI is InChI=1S/C11H10Br2O3/c1-16-11(15)5-4-10(14)8-6-7(12)2-3-9(8)13/h2-3,6H,4-5H2,1H3. The Balaban J connectivity index is 2.73. The third-order valence-electron chi connectivity index (χ3n) is 2.01. The van der Waals surface area contributed by atoms with Crippen LogP contribution in [0.1, 0.15) is 23.2 Å². The second kappa shape index (κ2) is 6.15. The molecule has 0 aliphatic carbocycles. The lowest BCUT2D eigenvalue weighted by Gasteiger charge is -2.04. The number of ether oxygens (including phenoxy) is 1. The van der Waals surface area contributed by atoms with Crippen molar-refractivity contribution in [2.24, 2.45) is 0 Å². The van der Waals surface area contributed by atoms with Crippen LogP contribution < -0.4 is 0 Å². The number of halogens is 2. The van der Waals surface area contributed by atoms with E-state index in [0.717, 1.165) is 8.95 Å². The fourth-order valence-electron chi connectivity index (χ4n) is 1.16. The molecule has 0 aliphatic rings. The second-order valence-electron chi connectivity index (χ2n) is 3.12. The molecule has 0 amide bonds. The van der Waals surface area contributed by atoms with E-state index in [2.05, 4.69) is 36.6 Å². The number of benzene rings is 1. The molecule has 1 rings (SSSR count). The van der Waals surface area contributed by atoms with Crippen LogP contribution in [0.2, 0.25) is 0 Å². The van der Waals surface area contributed by atoms with Gasteiger partial charge >= 0.3 is 5.97 Å². The quantitative estimate of drug-likeness (QED) is 0.618. The molecule has 1 aromatic rings. The molecular weight excluding hydrogens is 340 g/mol. The smallest absolute Gasteiger partial charge is 0.305 e. The molecule has 0 fully saturated rings. The summed E-state index contributed by atoms with van der Waals surface area (Å²) in [5.74, 6) is -0.460. The third kappa shape index (κ3) is 3.72. The molecule has 0 heterocycles. The largest absolute Gasteiger partial charge is 0.469 e. The molecule has 0 spiro atoms. The van der Waals surface area contributed by atoms with E-state index >= 15 is 0 Å². The fraction of sp³-hybridized carbons (Fsp3) is 0.273. The summed E-state index contributed by atoms with van der Waals surface area (Å²) >= 11 is 6.59. The van der Waals surface area contributed by atoms with Gasteiger partial charge in [0, 0.05) is 20.9 Å². The lowest BCUT2D eigenvalue weighted by molar-refractivity contribution is -0.140. The predicted octanol–water partition coefficient (Wildman–Crippen LogP) is 3.35. The van der Waals surface area contributed by atoms with Crippen LogP contribution in [-0.4, -0.2) is 18.9 Å². The van der Waals surface area contributed by atoms with Gasteiger partial charge in [-0.1, -0.05) is 31.9 Å². The number of hydrogen-bond donors (Lipinski definition) is 0. The summed E-state index contributed by atoms with van der Waals surface area (Å²) in [6, 6.07) is 5.35. The Morgan fingerprint density at radius 3 is 2.56 bits per heavy atom. The lowest BCUT2D eigenvalue weighted by Crippen LogP contribution is -2.06. The molecule has 0 saturated heterocycles. The molecule has 0 aliphatic heterocycles. The highest BCUT2D eigenvalue weighted by atomic mass is 79.9. The van der Waals surface area contributed by atoms with Gasteiger partial charge in [0.2, 0.25) is 0 Å². The summed E-state index contributed by atoms with van der Waals surface area (Å²) in [4.78, 5) is 22.7. The van der Waals surface area contributed by atoms with E-state index in [4.69, 9.17) is 0 Å². The van der Waals surface area contributed by atoms with Crippen LogP contribution in [-0.2, 0) is 9.53 Å². The minimum atomic E-state index is -0.375. The van der Waals surface area contributed by atoms with Crippen LogP contribution in [0, 0.1) is 0 Å². The minimum absolute atomic E-state index is 0.0847. The molecule has 0 unspecified atom stereocenters. The van der Waals surface area contributed by atoms with Gasteiger partial charge in [-0.2, -0.15) is 0 Å². The molecule has 0 radical (unpaired) electrons. The number of carbonyl (C=O) groups is 2. The summed E-state index contributed by atoms with van der Waals surface area (Å²) in [5, 5.41) is 0. The zero-order valence-electron chi connectivity index (χ0n) is 8.63. The average molecular weight is 350 g/mol. The Bertz CT molecular complexity index is 416. The van der Waals surface area contributed by atoms with Crippen molar-refractivity contribution in [2.75, 3.05) is 7.11 Å². The summed E-state index contributed by atoms with van der Waals surface area (Å²) in [6.45, 7) is 0. The zero-order chi connectivity index (χ0) is 12.1. The van der Waals surface area contributed by atoms with Gasteiger partial charge in [0.25, 0.3) is 0 Å². The minimum Gasteiger partial charge on any atom is -0.469 e. The first kappa shape index (κ1) is 13.4. The van der Waals surface area contributed by atoms with Crippen LogP contribution >= 0.6 is 31.9 Å². The predicted molar refractivity (Wildman–Crippen MR) is 67.4 cm³/mol. The molecule has 0 atom stereocenters. The van der Waals surface area contributed by atoms with Crippen LogP contribution in [0.3, 0.4) is 0 Å². The number of hydrogen-bond acceptors (Lipinski definition) is 3. The van der Waals surface area contributed by atoms with E-state index in [0.29, 0.717) is 5.56 Å². The summed E-state index contributed by atoms with van der Waals surface area (Å²) in [7, 11) is 1.31. The summed E-state index contributed by atoms with van der Waals surface area (Å²) in [5.41, 5.74) is 0.568. The van der Waals surface area contributed by atoms with Crippen molar-refractivity contribution in [3.63, 3.8) is 0 Å². The van der Waals surface area contributed by atoms with Crippen molar-refractivity contribution < 1.29 is 14.3 Å². The van der Waals surface area contributed by atoms with E-state index < -0.39 is 0 Å². The van der Waals surface area contributed by atoms with Gasteiger partial charge in [-0.05, 0) is 18.2 Å². The molecule has 3 nitrogen and oxygen atoms in total. The Hall–Kier alpha value is -0.680. The Labute approximate surface area is 110 Å². The van der Waals surface area contributed by atoms with Crippen molar-refractivity contribution in [1.29, 1.82) is 0 Å². The molecule has 5 heteroatoms. The molecule has 16 heavy (non-hydrogen) atoms. The number of esters is 1. The fourth-order valence-corrected chi connectivity index (χ4v) is 1.99. The van der Waals surface area contributed by atoms with Crippen molar-refractivity contribution in [3.05, 3.63) is 32.7 Å².